The van der Waals surface area contributed by atoms with E-state index in [0.29, 0.717) is 10.2 Å². The maximum absolute atomic E-state index is 12.3. The number of sulfonamides is 1. The highest BCUT2D eigenvalue weighted by Gasteiger charge is 2.18. The number of thioether (sulfide) groups is 1. The first-order valence-electron chi connectivity index (χ1n) is 5.79. The third-order valence-corrected chi connectivity index (χ3v) is 6.27. The molecule has 0 spiro atoms. The molecule has 0 radical (unpaired) electrons. The Morgan fingerprint density at radius 2 is 2.19 bits per heavy atom. The zero-order valence-electron chi connectivity index (χ0n) is 11.2. The zero-order valence-corrected chi connectivity index (χ0v) is 15.2. The van der Waals surface area contributed by atoms with Crippen molar-refractivity contribution in [1.82, 2.24) is 10.2 Å². The minimum Gasteiger partial charge on any atom is -0.496 e. The summed E-state index contributed by atoms with van der Waals surface area (Å²) >= 11 is 5.98. The molecule has 0 bridgehead atoms. The highest BCUT2D eigenvalue weighted by atomic mass is 79.9. The fourth-order valence-corrected chi connectivity index (χ4v) is 5.02. The second kappa shape index (κ2) is 6.95. The average molecular weight is 410 g/mol. The van der Waals surface area contributed by atoms with Crippen LogP contribution in [0.1, 0.15) is 6.92 Å². The summed E-state index contributed by atoms with van der Waals surface area (Å²) in [6.45, 7) is 1.99. The van der Waals surface area contributed by atoms with Crippen LogP contribution in [0.4, 0.5) is 5.13 Å². The number of halogens is 1. The van der Waals surface area contributed by atoms with Gasteiger partial charge in [-0.05, 0) is 39.9 Å². The minimum absolute atomic E-state index is 0.120. The van der Waals surface area contributed by atoms with Gasteiger partial charge in [-0.25, -0.2) is 8.42 Å². The first-order valence-corrected chi connectivity index (χ1v) is 9.86. The number of hydrogen-bond donors (Lipinski definition) is 1. The molecule has 0 saturated carbocycles. The molecule has 0 aliphatic heterocycles. The Morgan fingerprint density at radius 3 is 2.81 bits per heavy atom. The van der Waals surface area contributed by atoms with Crippen molar-refractivity contribution in [2.24, 2.45) is 0 Å². The van der Waals surface area contributed by atoms with Crippen molar-refractivity contribution < 1.29 is 13.2 Å². The molecule has 1 aromatic carbocycles. The topological polar surface area (TPSA) is 81.2 Å². The summed E-state index contributed by atoms with van der Waals surface area (Å²) in [4.78, 5) is 0.120. The van der Waals surface area contributed by atoms with Crippen molar-refractivity contribution in [3.8, 4) is 5.75 Å². The smallest absolute Gasteiger partial charge is 0.263 e. The summed E-state index contributed by atoms with van der Waals surface area (Å²) in [7, 11) is -2.18. The molecule has 1 heterocycles. The molecular formula is C11H12BrN3O3S3. The lowest BCUT2D eigenvalue weighted by atomic mass is 10.3. The van der Waals surface area contributed by atoms with E-state index >= 15 is 0 Å². The fourth-order valence-electron chi connectivity index (χ4n) is 1.42. The number of ether oxygens (including phenoxy) is 1. The molecule has 2 rings (SSSR count). The summed E-state index contributed by atoms with van der Waals surface area (Å²) in [5, 5.41) is 7.97. The van der Waals surface area contributed by atoms with Crippen LogP contribution >= 0.6 is 39.0 Å². The van der Waals surface area contributed by atoms with E-state index in [1.807, 2.05) is 6.92 Å². The largest absolute Gasteiger partial charge is 0.496 e. The Balaban J connectivity index is 2.23. The van der Waals surface area contributed by atoms with E-state index in [-0.39, 0.29) is 10.0 Å². The van der Waals surface area contributed by atoms with Crippen LogP contribution in [0.3, 0.4) is 0 Å². The Hall–Kier alpha value is -0.840. The van der Waals surface area contributed by atoms with E-state index < -0.39 is 10.0 Å². The third-order valence-electron chi connectivity index (χ3n) is 2.33. The van der Waals surface area contributed by atoms with Gasteiger partial charge in [0.1, 0.15) is 5.75 Å². The number of nitrogens with zero attached hydrogens (tertiary/aromatic N) is 2. The Labute approximate surface area is 139 Å². The van der Waals surface area contributed by atoms with E-state index in [9.17, 15) is 8.42 Å². The highest BCUT2D eigenvalue weighted by Crippen LogP contribution is 2.30. The molecule has 0 unspecified atom stereocenters. The van der Waals surface area contributed by atoms with Crippen molar-refractivity contribution >= 4 is 54.2 Å². The molecule has 2 aromatic rings. The molecule has 10 heteroatoms. The average Bonchev–Trinajstić information content (AvgIpc) is 2.85. The van der Waals surface area contributed by atoms with E-state index in [0.717, 1.165) is 10.1 Å². The number of rotatable bonds is 6. The second-order valence-corrected chi connectivity index (χ2v) is 8.73. The van der Waals surface area contributed by atoms with Crippen LogP contribution in [0.5, 0.6) is 5.75 Å². The SMILES string of the molecule is CCSc1nnc(NS(=O)(=O)c2ccc(OC)c(Br)c2)s1. The zero-order chi connectivity index (χ0) is 15.5. The molecule has 1 N–H and O–H groups in total. The number of anilines is 1. The first kappa shape index (κ1) is 16.5. The monoisotopic (exact) mass is 409 g/mol. The standard InChI is InChI=1S/C11H12BrN3O3S3/c1-3-19-11-14-13-10(20-11)15-21(16,17)7-4-5-9(18-2)8(12)6-7/h4-6H,3H2,1-2H3,(H,13,15). The second-order valence-electron chi connectivity index (χ2n) is 3.71. The van der Waals surface area contributed by atoms with Crippen LogP contribution in [0.25, 0.3) is 0 Å². The number of benzene rings is 1. The number of aromatic nitrogens is 2. The fraction of sp³-hybridized carbons (Fsp3) is 0.273. The van der Waals surface area contributed by atoms with Gasteiger partial charge in [-0.1, -0.05) is 30.0 Å². The summed E-state index contributed by atoms with van der Waals surface area (Å²) in [5.41, 5.74) is 0. The van der Waals surface area contributed by atoms with Crippen LogP contribution in [-0.2, 0) is 10.0 Å². The maximum Gasteiger partial charge on any atom is 0.263 e. The summed E-state index contributed by atoms with van der Waals surface area (Å²) in [6, 6.07) is 4.52. The lowest BCUT2D eigenvalue weighted by Gasteiger charge is -2.07. The Kier molecular flexibility index (Phi) is 5.47. The number of methoxy groups -OCH3 is 1. The van der Waals surface area contributed by atoms with Gasteiger partial charge in [-0.3, -0.25) is 4.72 Å². The molecule has 0 aliphatic carbocycles. The van der Waals surface area contributed by atoms with E-state index in [4.69, 9.17) is 4.74 Å². The molecule has 0 fully saturated rings. The predicted molar refractivity (Wildman–Crippen MR) is 87.8 cm³/mol. The summed E-state index contributed by atoms with van der Waals surface area (Å²) in [5.74, 6) is 1.42. The Morgan fingerprint density at radius 1 is 1.43 bits per heavy atom. The van der Waals surface area contributed by atoms with Crippen LogP contribution in [-0.4, -0.2) is 31.5 Å². The molecular weight excluding hydrogens is 398 g/mol. The number of hydrogen-bond acceptors (Lipinski definition) is 7. The van der Waals surface area contributed by atoms with Crippen molar-refractivity contribution in [3.63, 3.8) is 0 Å². The predicted octanol–water partition coefficient (Wildman–Crippen LogP) is 3.22. The van der Waals surface area contributed by atoms with Gasteiger partial charge in [0.15, 0.2) is 4.34 Å². The van der Waals surface area contributed by atoms with Gasteiger partial charge in [0, 0.05) is 0 Å². The van der Waals surface area contributed by atoms with Crippen molar-refractivity contribution in [2.45, 2.75) is 16.2 Å². The van der Waals surface area contributed by atoms with Gasteiger partial charge in [0.05, 0.1) is 16.5 Å². The lowest BCUT2D eigenvalue weighted by molar-refractivity contribution is 0.411. The molecule has 114 valence electrons. The minimum atomic E-state index is -3.70. The molecule has 0 amide bonds. The maximum atomic E-state index is 12.3. The highest BCUT2D eigenvalue weighted by molar-refractivity contribution is 9.10. The molecule has 0 atom stereocenters. The van der Waals surface area contributed by atoms with Gasteiger partial charge in [0.2, 0.25) is 5.13 Å². The van der Waals surface area contributed by atoms with E-state index in [1.54, 1.807) is 6.07 Å². The van der Waals surface area contributed by atoms with Crippen LogP contribution in [0.2, 0.25) is 0 Å². The van der Waals surface area contributed by atoms with Crippen molar-refractivity contribution in [2.75, 3.05) is 17.6 Å². The lowest BCUT2D eigenvalue weighted by Crippen LogP contribution is -2.12. The number of nitrogens with one attached hydrogen (secondary N) is 1. The van der Waals surface area contributed by atoms with Gasteiger partial charge in [-0.2, -0.15) is 0 Å². The van der Waals surface area contributed by atoms with E-state index in [1.165, 1.54) is 42.3 Å². The van der Waals surface area contributed by atoms with Crippen molar-refractivity contribution in [3.05, 3.63) is 22.7 Å². The molecule has 0 aliphatic rings. The van der Waals surface area contributed by atoms with Gasteiger partial charge < -0.3 is 4.74 Å². The first-order chi connectivity index (χ1) is 9.96. The Bertz CT molecular complexity index is 733. The van der Waals surface area contributed by atoms with Gasteiger partial charge >= 0.3 is 0 Å². The van der Waals surface area contributed by atoms with Gasteiger partial charge in [-0.15, -0.1) is 10.2 Å². The van der Waals surface area contributed by atoms with Crippen LogP contribution < -0.4 is 9.46 Å². The van der Waals surface area contributed by atoms with Gasteiger partial charge in [0.25, 0.3) is 10.0 Å². The molecule has 0 saturated heterocycles. The van der Waals surface area contributed by atoms with E-state index in [2.05, 4.69) is 30.8 Å². The molecule has 6 nitrogen and oxygen atoms in total. The molecule has 1 aromatic heterocycles. The van der Waals surface area contributed by atoms with Crippen molar-refractivity contribution in [1.29, 1.82) is 0 Å². The quantitative estimate of drug-likeness (QED) is 0.737. The van der Waals surface area contributed by atoms with Crippen LogP contribution in [0.15, 0.2) is 31.9 Å². The summed E-state index contributed by atoms with van der Waals surface area (Å²) in [6.07, 6.45) is 0. The summed E-state index contributed by atoms with van der Waals surface area (Å²) < 4.78 is 33.3. The molecule has 21 heavy (non-hydrogen) atoms. The normalized spacial score (nSPS) is 11.4. The third kappa shape index (κ3) is 4.09. The van der Waals surface area contributed by atoms with Crippen LogP contribution in [0, 0.1) is 0 Å².